The van der Waals surface area contributed by atoms with Crippen LogP contribution in [0.25, 0.3) is 0 Å². The zero-order valence-corrected chi connectivity index (χ0v) is 16.5. The normalized spacial score (nSPS) is 22.5. The van der Waals surface area contributed by atoms with Crippen molar-refractivity contribution in [3.8, 4) is 0 Å². The van der Waals surface area contributed by atoms with Crippen molar-refractivity contribution in [2.45, 2.75) is 32.4 Å². The second-order valence-electron chi connectivity index (χ2n) is 8.01. The van der Waals surface area contributed by atoms with E-state index in [2.05, 4.69) is 36.1 Å². The predicted octanol–water partition coefficient (Wildman–Crippen LogP) is 2.81. The van der Waals surface area contributed by atoms with Crippen LogP contribution in [0.1, 0.15) is 34.0 Å². The largest absolute Gasteiger partial charge is 0.445 e. The molecule has 5 nitrogen and oxygen atoms in total. The average molecular weight is 378 g/mol. The third-order valence-electron chi connectivity index (χ3n) is 5.68. The third-order valence-corrected chi connectivity index (χ3v) is 5.68. The number of fused-ring (bicyclic) bond motifs is 1. The number of hydrogen-bond acceptors (Lipinski definition) is 4. The standard InChI is InChI=1S/C23H26N2O3/c1-17-6-5-7-18(14-17)16-24-10-12-25(13-11-24)22(27)23(2)15-19-8-3-4-9-20(19)21(26)28-23/h3-9,14H,10-13,15-16H2,1-2H3. The zero-order valence-electron chi connectivity index (χ0n) is 16.5. The van der Waals surface area contributed by atoms with Crippen molar-refractivity contribution in [1.29, 1.82) is 0 Å². The fourth-order valence-corrected chi connectivity index (χ4v) is 4.16. The molecule has 2 aliphatic rings. The van der Waals surface area contributed by atoms with Gasteiger partial charge in [0.05, 0.1) is 5.56 Å². The van der Waals surface area contributed by atoms with Crippen LogP contribution >= 0.6 is 0 Å². The molecule has 2 heterocycles. The molecule has 1 saturated heterocycles. The van der Waals surface area contributed by atoms with Gasteiger partial charge in [-0.15, -0.1) is 0 Å². The molecule has 4 rings (SSSR count). The Morgan fingerprint density at radius 2 is 1.82 bits per heavy atom. The fraction of sp³-hybridized carbons (Fsp3) is 0.391. The first-order valence-corrected chi connectivity index (χ1v) is 9.83. The molecule has 0 aromatic heterocycles. The molecule has 2 aliphatic heterocycles. The highest BCUT2D eigenvalue weighted by Gasteiger charge is 2.45. The number of carbonyl (C=O) groups is 2. The lowest BCUT2D eigenvalue weighted by molar-refractivity contribution is -0.153. The van der Waals surface area contributed by atoms with Gasteiger partial charge in [0.1, 0.15) is 0 Å². The van der Waals surface area contributed by atoms with E-state index in [9.17, 15) is 9.59 Å². The van der Waals surface area contributed by atoms with E-state index in [1.165, 1.54) is 11.1 Å². The SMILES string of the molecule is Cc1cccc(CN2CCN(C(=O)C3(C)Cc4ccccc4C(=O)O3)CC2)c1. The molecule has 2 aromatic rings. The van der Waals surface area contributed by atoms with Gasteiger partial charge in [-0.3, -0.25) is 9.69 Å². The van der Waals surface area contributed by atoms with Crippen molar-refractivity contribution in [2.24, 2.45) is 0 Å². The van der Waals surface area contributed by atoms with Gasteiger partial charge in [-0.2, -0.15) is 0 Å². The number of piperazine rings is 1. The highest BCUT2D eigenvalue weighted by molar-refractivity contribution is 5.97. The van der Waals surface area contributed by atoms with E-state index >= 15 is 0 Å². The lowest BCUT2D eigenvalue weighted by Crippen LogP contribution is -2.57. The minimum Gasteiger partial charge on any atom is -0.445 e. The van der Waals surface area contributed by atoms with Gasteiger partial charge in [0.15, 0.2) is 5.60 Å². The second kappa shape index (κ2) is 7.40. The van der Waals surface area contributed by atoms with E-state index in [-0.39, 0.29) is 5.91 Å². The smallest absolute Gasteiger partial charge is 0.339 e. The molecule has 0 N–H and O–H groups in total. The lowest BCUT2D eigenvalue weighted by Gasteiger charge is -2.41. The number of hydrogen-bond donors (Lipinski definition) is 0. The minimum absolute atomic E-state index is 0.0921. The fourth-order valence-electron chi connectivity index (χ4n) is 4.16. The quantitative estimate of drug-likeness (QED) is 0.771. The Morgan fingerprint density at radius 1 is 1.07 bits per heavy atom. The number of rotatable bonds is 3. The van der Waals surface area contributed by atoms with Crippen LogP contribution in [0.4, 0.5) is 0 Å². The monoisotopic (exact) mass is 378 g/mol. The first kappa shape index (κ1) is 18.7. The number of nitrogens with zero attached hydrogens (tertiary/aromatic N) is 2. The summed E-state index contributed by atoms with van der Waals surface area (Å²) in [7, 11) is 0. The van der Waals surface area contributed by atoms with Gasteiger partial charge < -0.3 is 9.64 Å². The average Bonchev–Trinajstić information content (AvgIpc) is 2.68. The molecule has 1 atom stereocenters. The number of benzene rings is 2. The summed E-state index contributed by atoms with van der Waals surface area (Å²) in [5.74, 6) is -0.499. The molecule has 1 fully saturated rings. The molecule has 146 valence electrons. The van der Waals surface area contributed by atoms with E-state index in [1.54, 1.807) is 13.0 Å². The molecule has 0 aliphatic carbocycles. The topological polar surface area (TPSA) is 49.9 Å². The Hall–Kier alpha value is -2.66. The molecular formula is C23H26N2O3. The molecule has 1 unspecified atom stereocenters. The van der Waals surface area contributed by atoms with Crippen molar-refractivity contribution in [1.82, 2.24) is 9.80 Å². The van der Waals surface area contributed by atoms with Crippen LogP contribution in [0.5, 0.6) is 0 Å². The maximum atomic E-state index is 13.2. The predicted molar refractivity (Wildman–Crippen MR) is 107 cm³/mol. The summed E-state index contributed by atoms with van der Waals surface area (Å²) < 4.78 is 5.61. The van der Waals surface area contributed by atoms with Gasteiger partial charge in [0.25, 0.3) is 5.91 Å². The molecule has 2 aromatic carbocycles. The van der Waals surface area contributed by atoms with E-state index in [4.69, 9.17) is 4.74 Å². The summed E-state index contributed by atoms with van der Waals surface area (Å²) in [6.45, 7) is 7.68. The first-order valence-electron chi connectivity index (χ1n) is 9.83. The van der Waals surface area contributed by atoms with Crippen molar-refractivity contribution in [3.05, 3.63) is 70.8 Å². The molecule has 5 heteroatoms. The molecule has 0 saturated carbocycles. The Morgan fingerprint density at radius 3 is 2.57 bits per heavy atom. The summed E-state index contributed by atoms with van der Waals surface area (Å²) in [6.07, 6.45) is 0.428. The van der Waals surface area contributed by atoms with Gasteiger partial charge in [-0.25, -0.2) is 4.79 Å². The van der Waals surface area contributed by atoms with Crippen LogP contribution in [-0.2, 0) is 22.5 Å². The van der Waals surface area contributed by atoms with Gasteiger partial charge in [0.2, 0.25) is 0 Å². The second-order valence-corrected chi connectivity index (χ2v) is 8.01. The van der Waals surface area contributed by atoms with Crippen LogP contribution < -0.4 is 0 Å². The molecular weight excluding hydrogens is 352 g/mol. The van der Waals surface area contributed by atoms with Crippen LogP contribution in [0.15, 0.2) is 48.5 Å². The van der Waals surface area contributed by atoms with Crippen molar-refractivity contribution < 1.29 is 14.3 Å². The number of aryl methyl sites for hydroxylation is 1. The summed E-state index contributed by atoms with van der Waals surface area (Å²) in [5.41, 5.74) is 2.89. The number of carbonyl (C=O) groups excluding carboxylic acids is 2. The number of amides is 1. The van der Waals surface area contributed by atoms with E-state index in [0.29, 0.717) is 25.1 Å². The molecule has 0 spiro atoms. The Kier molecular flexibility index (Phi) is 4.94. The Balaban J connectivity index is 1.39. The van der Waals surface area contributed by atoms with Crippen LogP contribution in [-0.4, -0.2) is 53.5 Å². The lowest BCUT2D eigenvalue weighted by atomic mass is 9.88. The number of ether oxygens (including phenoxy) is 1. The summed E-state index contributed by atoms with van der Waals surface area (Å²) in [5, 5.41) is 0. The van der Waals surface area contributed by atoms with Gasteiger partial charge in [-0.1, -0.05) is 48.0 Å². The third kappa shape index (κ3) is 3.67. The summed E-state index contributed by atoms with van der Waals surface area (Å²) >= 11 is 0. The van der Waals surface area contributed by atoms with Crippen LogP contribution in [0.2, 0.25) is 0 Å². The maximum Gasteiger partial charge on any atom is 0.339 e. The molecule has 0 bridgehead atoms. The highest BCUT2D eigenvalue weighted by Crippen LogP contribution is 2.30. The zero-order chi connectivity index (χ0) is 19.7. The minimum atomic E-state index is -1.12. The number of esters is 1. The van der Waals surface area contributed by atoms with Crippen molar-refractivity contribution in [2.75, 3.05) is 26.2 Å². The summed E-state index contributed by atoms with van der Waals surface area (Å²) in [4.78, 5) is 29.7. The highest BCUT2D eigenvalue weighted by atomic mass is 16.6. The Bertz CT molecular complexity index is 902. The number of cyclic esters (lactones) is 1. The van der Waals surface area contributed by atoms with Gasteiger partial charge in [-0.05, 0) is 31.0 Å². The van der Waals surface area contributed by atoms with E-state index in [0.717, 1.165) is 25.2 Å². The van der Waals surface area contributed by atoms with Gasteiger partial charge >= 0.3 is 5.97 Å². The molecule has 1 amide bonds. The molecule has 28 heavy (non-hydrogen) atoms. The van der Waals surface area contributed by atoms with Crippen molar-refractivity contribution in [3.63, 3.8) is 0 Å². The molecule has 0 radical (unpaired) electrons. The van der Waals surface area contributed by atoms with Crippen LogP contribution in [0.3, 0.4) is 0 Å². The first-order chi connectivity index (χ1) is 13.4. The van der Waals surface area contributed by atoms with Gasteiger partial charge in [0, 0.05) is 39.1 Å². The maximum absolute atomic E-state index is 13.2. The van der Waals surface area contributed by atoms with Crippen molar-refractivity contribution >= 4 is 11.9 Å². The van der Waals surface area contributed by atoms with E-state index < -0.39 is 11.6 Å². The van der Waals surface area contributed by atoms with Crippen LogP contribution in [0, 0.1) is 6.92 Å². The van der Waals surface area contributed by atoms with E-state index in [1.807, 2.05) is 23.1 Å². The summed E-state index contributed by atoms with van der Waals surface area (Å²) in [6, 6.07) is 15.9. The Labute approximate surface area is 165 Å².